The highest BCUT2D eigenvalue weighted by molar-refractivity contribution is 7.16. The second-order valence-electron chi connectivity index (χ2n) is 7.88. The smallest absolute Gasteiger partial charge is 0.279 e. The van der Waals surface area contributed by atoms with Crippen LogP contribution in [0.3, 0.4) is 0 Å². The van der Waals surface area contributed by atoms with Gasteiger partial charge >= 0.3 is 0 Å². The molecule has 4 rings (SSSR count). The minimum Gasteiger partial charge on any atom is -0.486 e. The van der Waals surface area contributed by atoms with Crippen LogP contribution in [0.5, 0.6) is 11.5 Å². The highest BCUT2D eigenvalue weighted by Gasteiger charge is 2.17. The molecule has 1 aliphatic rings. The van der Waals surface area contributed by atoms with E-state index in [1.807, 2.05) is 41.0 Å². The number of carbonyl (C=O) groups is 1. The van der Waals surface area contributed by atoms with Gasteiger partial charge in [0, 0.05) is 17.7 Å². The Hall–Kier alpha value is -3.04. The zero-order chi connectivity index (χ0) is 20.6. The lowest BCUT2D eigenvalue weighted by molar-refractivity contribution is 0.0998. The molecule has 2 aromatic carbocycles. The monoisotopic (exact) mass is 406 g/mol. The number of nitrogens with zero attached hydrogens (tertiary/aromatic N) is 2. The summed E-state index contributed by atoms with van der Waals surface area (Å²) >= 11 is 1.41. The van der Waals surface area contributed by atoms with E-state index in [2.05, 4.69) is 31.7 Å². The topological polar surface area (TPSA) is 52.8 Å². The number of hydrogen-bond donors (Lipinski definition) is 0. The van der Waals surface area contributed by atoms with Crippen LogP contribution in [0.15, 0.2) is 41.4 Å². The van der Waals surface area contributed by atoms with Crippen LogP contribution in [0, 0.1) is 12.3 Å². The number of carbonyl (C=O) groups excluding carboxylic acids is 1. The van der Waals surface area contributed by atoms with E-state index in [0.29, 0.717) is 41.6 Å². The van der Waals surface area contributed by atoms with Gasteiger partial charge in [0.1, 0.15) is 13.2 Å². The lowest BCUT2D eigenvalue weighted by Crippen LogP contribution is -2.17. The highest BCUT2D eigenvalue weighted by atomic mass is 32.1. The Bertz CT molecular complexity index is 1190. The fraction of sp³-hybridized carbons (Fsp3) is 0.304. The molecule has 5 nitrogen and oxygen atoms in total. The molecule has 0 unspecified atom stereocenters. The molecule has 0 saturated carbocycles. The third-order valence-corrected chi connectivity index (χ3v) is 5.83. The average molecular weight is 407 g/mol. The summed E-state index contributed by atoms with van der Waals surface area (Å²) < 4.78 is 14.1. The second kappa shape index (κ2) is 7.41. The first-order valence-electron chi connectivity index (χ1n) is 9.43. The molecule has 0 radical (unpaired) electrons. The average Bonchev–Trinajstić information content (AvgIpc) is 3.02. The summed E-state index contributed by atoms with van der Waals surface area (Å²) in [7, 11) is 0. The second-order valence-corrected chi connectivity index (χ2v) is 8.89. The van der Waals surface area contributed by atoms with Crippen LogP contribution < -0.4 is 14.3 Å². The largest absolute Gasteiger partial charge is 0.486 e. The number of ether oxygens (including phenoxy) is 2. The molecule has 6 heteroatoms. The van der Waals surface area contributed by atoms with Gasteiger partial charge in [0.2, 0.25) is 0 Å². The van der Waals surface area contributed by atoms with Crippen molar-refractivity contribution < 1.29 is 14.3 Å². The zero-order valence-electron chi connectivity index (χ0n) is 16.7. The molecule has 1 amide bonds. The van der Waals surface area contributed by atoms with E-state index in [1.165, 1.54) is 16.9 Å². The fourth-order valence-electron chi connectivity index (χ4n) is 3.20. The van der Waals surface area contributed by atoms with Crippen molar-refractivity contribution in [1.82, 2.24) is 4.57 Å². The summed E-state index contributed by atoms with van der Waals surface area (Å²) in [5.41, 5.74) is 2.63. The molecule has 0 N–H and O–H groups in total. The van der Waals surface area contributed by atoms with E-state index >= 15 is 0 Å². The van der Waals surface area contributed by atoms with Gasteiger partial charge < -0.3 is 14.0 Å². The third-order valence-electron chi connectivity index (χ3n) is 4.79. The van der Waals surface area contributed by atoms with Crippen LogP contribution in [0.4, 0.5) is 0 Å². The normalized spacial score (nSPS) is 14.1. The predicted octanol–water partition coefficient (Wildman–Crippen LogP) is 4.15. The summed E-state index contributed by atoms with van der Waals surface area (Å²) in [6.07, 6.45) is 5.57. The third kappa shape index (κ3) is 3.79. The maximum Gasteiger partial charge on any atom is 0.279 e. The number of fused-ring (bicyclic) bond motifs is 2. The van der Waals surface area contributed by atoms with Crippen molar-refractivity contribution in [3.63, 3.8) is 0 Å². The Balaban J connectivity index is 1.77. The van der Waals surface area contributed by atoms with E-state index in [4.69, 9.17) is 15.9 Å². The molecule has 1 aliphatic heterocycles. The van der Waals surface area contributed by atoms with Crippen molar-refractivity contribution in [2.75, 3.05) is 13.2 Å². The fourth-order valence-corrected chi connectivity index (χ4v) is 4.24. The van der Waals surface area contributed by atoms with Gasteiger partial charge in [-0.05, 0) is 23.1 Å². The van der Waals surface area contributed by atoms with Crippen LogP contribution in [0.2, 0.25) is 0 Å². The Labute approximate surface area is 173 Å². The number of aromatic nitrogens is 1. The molecule has 3 aromatic rings. The maximum atomic E-state index is 12.8. The molecule has 0 bridgehead atoms. The Morgan fingerprint density at radius 3 is 2.45 bits per heavy atom. The number of amides is 1. The molecular formula is C23H22N2O3S. The van der Waals surface area contributed by atoms with Crippen LogP contribution in [-0.2, 0) is 12.0 Å². The Morgan fingerprint density at radius 1 is 1.17 bits per heavy atom. The van der Waals surface area contributed by atoms with Crippen LogP contribution in [0.25, 0.3) is 10.2 Å². The van der Waals surface area contributed by atoms with E-state index < -0.39 is 0 Å². The van der Waals surface area contributed by atoms with Gasteiger partial charge in [-0.2, -0.15) is 4.99 Å². The number of benzene rings is 2. The number of thiazole rings is 1. The zero-order valence-corrected chi connectivity index (χ0v) is 17.5. The van der Waals surface area contributed by atoms with Gasteiger partial charge in [0.05, 0.1) is 16.8 Å². The lowest BCUT2D eigenvalue weighted by atomic mass is 9.87. The number of hydrogen-bond acceptors (Lipinski definition) is 4. The maximum absolute atomic E-state index is 12.8. The minimum absolute atomic E-state index is 0.0310. The molecule has 148 valence electrons. The summed E-state index contributed by atoms with van der Waals surface area (Å²) in [5, 5.41) is 0. The van der Waals surface area contributed by atoms with Crippen molar-refractivity contribution >= 4 is 27.5 Å². The van der Waals surface area contributed by atoms with E-state index in [9.17, 15) is 4.79 Å². The van der Waals surface area contributed by atoms with Crippen molar-refractivity contribution in [2.24, 2.45) is 4.99 Å². The Kier molecular flexibility index (Phi) is 4.93. The van der Waals surface area contributed by atoms with Crippen LogP contribution in [-0.4, -0.2) is 23.7 Å². The van der Waals surface area contributed by atoms with Crippen molar-refractivity contribution in [2.45, 2.75) is 32.7 Å². The molecule has 0 spiro atoms. The van der Waals surface area contributed by atoms with Gasteiger partial charge in [-0.25, -0.2) is 0 Å². The molecule has 0 saturated heterocycles. The molecule has 0 fully saturated rings. The van der Waals surface area contributed by atoms with E-state index in [-0.39, 0.29) is 11.3 Å². The first kappa shape index (κ1) is 19.3. The predicted molar refractivity (Wildman–Crippen MR) is 115 cm³/mol. The summed E-state index contributed by atoms with van der Waals surface area (Å²) in [5.74, 6) is 3.74. The van der Waals surface area contributed by atoms with Gasteiger partial charge in [0.25, 0.3) is 5.91 Å². The molecule has 0 atom stereocenters. The van der Waals surface area contributed by atoms with Crippen LogP contribution >= 0.6 is 11.3 Å². The first-order valence-corrected chi connectivity index (χ1v) is 10.2. The molecule has 0 aliphatic carbocycles. The minimum atomic E-state index is -0.292. The quantitative estimate of drug-likeness (QED) is 0.601. The van der Waals surface area contributed by atoms with Crippen LogP contribution in [0.1, 0.15) is 36.7 Å². The highest BCUT2D eigenvalue weighted by Crippen LogP contribution is 2.35. The number of rotatable bonds is 2. The molecule has 29 heavy (non-hydrogen) atoms. The van der Waals surface area contributed by atoms with Crippen molar-refractivity contribution in [3.8, 4) is 23.8 Å². The first-order chi connectivity index (χ1) is 13.9. The van der Waals surface area contributed by atoms with Crippen molar-refractivity contribution in [3.05, 3.63) is 52.3 Å². The SMILES string of the molecule is C#CCn1c(=NC(=O)c2ccc(C(C)(C)C)cc2)sc2cc3c(cc21)OCCO3. The van der Waals surface area contributed by atoms with Gasteiger partial charge in [0.15, 0.2) is 16.3 Å². The molecule has 2 heterocycles. The summed E-state index contributed by atoms with van der Waals surface area (Å²) in [6.45, 7) is 7.77. The van der Waals surface area contributed by atoms with E-state index in [0.717, 1.165) is 10.2 Å². The van der Waals surface area contributed by atoms with Gasteiger partial charge in [-0.3, -0.25) is 4.79 Å². The standard InChI is InChI=1S/C23H22N2O3S/c1-5-10-25-17-13-18-19(28-12-11-27-18)14-20(17)29-22(25)24-21(26)15-6-8-16(9-7-15)23(2,3)4/h1,6-9,13-14H,10-12H2,2-4H3. The number of terminal acetylenes is 1. The summed E-state index contributed by atoms with van der Waals surface area (Å²) in [4.78, 5) is 17.7. The lowest BCUT2D eigenvalue weighted by Gasteiger charge is -2.18. The van der Waals surface area contributed by atoms with Gasteiger partial charge in [-0.1, -0.05) is 50.2 Å². The molecule has 1 aromatic heterocycles. The van der Waals surface area contributed by atoms with Crippen molar-refractivity contribution in [1.29, 1.82) is 0 Å². The van der Waals surface area contributed by atoms with Gasteiger partial charge in [-0.15, -0.1) is 6.42 Å². The van der Waals surface area contributed by atoms with E-state index in [1.54, 1.807) is 0 Å². The molecular weight excluding hydrogens is 384 g/mol. The Morgan fingerprint density at radius 2 is 1.83 bits per heavy atom. The summed E-state index contributed by atoms with van der Waals surface area (Å²) in [6, 6.07) is 11.4.